The van der Waals surface area contributed by atoms with E-state index >= 15 is 0 Å². The number of allylic oxidation sites excluding steroid dienone is 1. The van der Waals surface area contributed by atoms with Gasteiger partial charge in [-0.25, -0.2) is 4.79 Å². The van der Waals surface area contributed by atoms with Gasteiger partial charge >= 0.3 is 5.97 Å². The first-order valence-electron chi connectivity index (χ1n) is 6.69. The predicted molar refractivity (Wildman–Crippen MR) is 71.7 cm³/mol. The van der Waals surface area contributed by atoms with Crippen molar-refractivity contribution in [2.75, 3.05) is 32.8 Å². The maximum atomic E-state index is 11.4. The summed E-state index contributed by atoms with van der Waals surface area (Å²) in [7, 11) is 0. The number of quaternary nitrogens is 1. The Morgan fingerprint density at radius 2 is 1.71 bits per heavy atom. The average Bonchev–Trinajstić information content (AvgIpc) is 2.33. The first kappa shape index (κ1) is 16.2. The standard InChI is InChI=1S/C14H28NO2/c1-6-15(7-2,8-3)11-12-17-14(16)10-9-13(4)5/h9-10,13H,6-8,11-12H2,1-5H3/q+1/b10-9+. The van der Waals surface area contributed by atoms with E-state index in [-0.39, 0.29) is 5.97 Å². The monoisotopic (exact) mass is 242 g/mol. The zero-order valence-corrected chi connectivity index (χ0v) is 12.0. The second-order valence-electron chi connectivity index (χ2n) is 4.78. The van der Waals surface area contributed by atoms with Gasteiger partial charge < -0.3 is 9.22 Å². The Bertz CT molecular complexity index is 234. The Hall–Kier alpha value is -0.830. The number of esters is 1. The summed E-state index contributed by atoms with van der Waals surface area (Å²) in [4.78, 5) is 11.4. The molecule has 0 saturated heterocycles. The molecule has 0 amide bonds. The van der Waals surface area contributed by atoms with Crippen LogP contribution in [0.4, 0.5) is 0 Å². The van der Waals surface area contributed by atoms with Gasteiger partial charge in [-0.05, 0) is 26.7 Å². The van der Waals surface area contributed by atoms with Gasteiger partial charge in [0.1, 0.15) is 13.2 Å². The summed E-state index contributed by atoms with van der Waals surface area (Å²) in [5.41, 5.74) is 0. The summed E-state index contributed by atoms with van der Waals surface area (Å²) in [5, 5.41) is 0. The summed E-state index contributed by atoms with van der Waals surface area (Å²) in [6.45, 7) is 15.3. The molecule has 0 aromatic rings. The quantitative estimate of drug-likeness (QED) is 0.371. The molecule has 0 aromatic carbocycles. The van der Waals surface area contributed by atoms with E-state index in [1.165, 1.54) is 6.08 Å². The summed E-state index contributed by atoms with van der Waals surface area (Å²) in [5.74, 6) is 0.166. The number of nitrogens with zero attached hydrogens (tertiary/aromatic N) is 1. The second-order valence-corrected chi connectivity index (χ2v) is 4.78. The molecule has 0 spiro atoms. The topological polar surface area (TPSA) is 26.3 Å². The summed E-state index contributed by atoms with van der Waals surface area (Å²) in [6.07, 6.45) is 3.40. The van der Waals surface area contributed by atoms with Crippen LogP contribution in [0, 0.1) is 5.92 Å². The molecule has 0 N–H and O–H groups in total. The summed E-state index contributed by atoms with van der Waals surface area (Å²) < 4.78 is 6.23. The highest BCUT2D eigenvalue weighted by Crippen LogP contribution is 2.05. The second kappa shape index (κ2) is 8.29. The molecule has 0 aromatic heterocycles. The van der Waals surface area contributed by atoms with E-state index in [0.717, 1.165) is 30.7 Å². The van der Waals surface area contributed by atoms with Gasteiger partial charge in [0.25, 0.3) is 0 Å². The molecule has 0 saturated carbocycles. The number of ether oxygens (including phenoxy) is 1. The molecule has 0 bridgehead atoms. The number of carbonyl (C=O) groups excluding carboxylic acids is 1. The predicted octanol–water partition coefficient (Wildman–Crippen LogP) is 2.62. The van der Waals surface area contributed by atoms with E-state index in [4.69, 9.17) is 4.74 Å². The summed E-state index contributed by atoms with van der Waals surface area (Å²) >= 11 is 0. The maximum Gasteiger partial charge on any atom is 0.330 e. The molecule has 0 unspecified atom stereocenters. The van der Waals surface area contributed by atoms with Gasteiger partial charge in [-0.15, -0.1) is 0 Å². The van der Waals surface area contributed by atoms with Crippen molar-refractivity contribution in [1.29, 1.82) is 0 Å². The normalized spacial score (nSPS) is 12.4. The molecule has 100 valence electrons. The molecule has 17 heavy (non-hydrogen) atoms. The Balaban J connectivity index is 4.01. The highest BCUT2D eigenvalue weighted by molar-refractivity contribution is 5.81. The van der Waals surface area contributed by atoms with Crippen molar-refractivity contribution < 1.29 is 14.0 Å². The van der Waals surface area contributed by atoms with E-state index in [0.29, 0.717) is 12.5 Å². The molecule has 0 aliphatic carbocycles. The molecule has 0 radical (unpaired) electrons. The average molecular weight is 242 g/mol. The zero-order chi connectivity index (χ0) is 13.3. The molecule has 3 nitrogen and oxygen atoms in total. The highest BCUT2D eigenvalue weighted by Gasteiger charge is 2.20. The van der Waals surface area contributed by atoms with Gasteiger partial charge in [0.15, 0.2) is 0 Å². The van der Waals surface area contributed by atoms with Gasteiger partial charge in [-0.2, -0.15) is 0 Å². The fourth-order valence-corrected chi connectivity index (χ4v) is 1.80. The van der Waals surface area contributed by atoms with Crippen LogP contribution in [0.1, 0.15) is 34.6 Å². The minimum absolute atomic E-state index is 0.222. The first-order valence-corrected chi connectivity index (χ1v) is 6.69. The van der Waals surface area contributed by atoms with Crippen molar-refractivity contribution in [3.63, 3.8) is 0 Å². The molecule has 3 heteroatoms. The third-order valence-corrected chi connectivity index (χ3v) is 3.44. The zero-order valence-electron chi connectivity index (χ0n) is 12.0. The lowest BCUT2D eigenvalue weighted by Gasteiger charge is -2.35. The fourth-order valence-electron chi connectivity index (χ4n) is 1.80. The largest absolute Gasteiger partial charge is 0.457 e. The lowest BCUT2D eigenvalue weighted by atomic mass is 10.2. The molecule has 0 atom stereocenters. The van der Waals surface area contributed by atoms with Crippen molar-refractivity contribution in [2.45, 2.75) is 34.6 Å². The van der Waals surface area contributed by atoms with Crippen LogP contribution >= 0.6 is 0 Å². The summed E-state index contributed by atoms with van der Waals surface area (Å²) in [6, 6.07) is 0. The minimum atomic E-state index is -0.222. The van der Waals surface area contributed by atoms with Gasteiger partial charge in [-0.1, -0.05) is 19.9 Å². The third-order valence-electron chi connectivity index (χ3n) is 3.44. The van der Waals surface area contributed by atoms with Crippen LogP contribution in [0.25, 0.3) is 0 Å². The number of rotatable bonds is 8. The Morgan fingerprint density at radius 1 is 1.18 bits per heavy atom. The number of carbonyl (C=O) groups is 1. The van der Waals surface area contributed by atoms with Crippen LogP contribution in [-0.4, -0.2) is 43.2 Å². The highest BCUT2D eigenvalue weighted by atomic mass is 16.5. The van der Waals surface area contributed by atoms with Crippen LogP contribution in [0.5, 0.6) is 0 Å². The molecule has 0 rings (SSSR count). The van der Waals surface area contributed by atoms with Gasteiger partial charge in [-0.3, -0.25) is 0 Å². The number of likely N-dealkylation sites (N-methyl/N-ethyl adjacent to an activating group) is 1. The van der Waals surface area contributed by atoms with Crippen molar-refractivity contribution in [3.05, 3.63) is 12.2 Å². The van der Waals surface area contributed by atoms with E-state index in [1.54, 1.807) is 0 Å². The minimum Gasteiger partial charge on any atom is -0.457 e. The van der Waals surface area contributed by atoms with Gasteiger partial charge in [0.2, 0.25) is 0 Å². The first-order chi connectivity index (χ1) is 7.99. The van der Waals surface area contributed by atoms with Crippen LogP contribution < -0.4 is 0 Å². The molecular weight excluding hydrogens is 214 g/mol. The van der Waals surface area contributed by atoms with E-state index in [2.05, 4.69) is 20.8 Å². The van der Waals surface area contributed by atoms with Crippen LogP contribution in [0.2, 0.25) is 0 Å². The molecule has 0 fully saturated rings. The van der Waals surface area contributed by atoms with Gasteiger partial charge in [0.05, 0.1) is 19.6 Å². The van der Waals surface area contributed by atoms with Gasteiger partial charge in [0, 0.05) is 6.08 Å². The van der Waals surface area contributed by atoms with Crippen molar-refractivity contribution in [3.8, 4) is 0 Å². The number of hydrogen-bond acceptors (Lipinski definition) is 2. The number of hydrogen-bond donors (Lipinski definition) is 0. The maximum absolute atomic E-state index is 11.4. The van der Waals surface area contributed by atoms with Crippen molar-refractivity contribution >= 4 is 5.97 Å². The SMILES string of the molecule is CC[N+](CC)(CC)CCOC(=O)/C=C/C(C)C. The van der Waals surface area contributed by atoms with E-state index in [9.17, 15) is 4.79 Å². The van der Waals surface area contributed by atoms with E-state index in [1.807, 2.05) is 19.9 Å². The lowest BCUT2D eigenvalue weighted by Crippen LogP contribution is -2.49. The van der Waals surface area contributed by atoms with Crippen LogP contribution in [0.3, 0.4) is 0 Å². The molecule has 0 aliphatic rings. The van der Waals surface area contributed by atoms with Crippen molar-refractivity contribution in [2.24, 2.45) is 5.92 Å². The smallest absolute Gasteiger partial charge is 0.330 e. The Morgan fingerprint density at radius 3 is 2.12 bits per heavy atom. The van der Waals surface area contributed by atoms with Crippen molar-refractivity contribution in [1.82, 2.24) is 0 Å². The molecular formula is C14H28NO2+. The Kier molecular flexibility index (Phi) is 7.88. The Labute approximate surface area is 106 Å². The van der Waals surface area contributed by atoms with E-state index < -0.39 is 0 Å². The van der Waals surface area contributed by atoms with Crippen LogP contribution in [-0.2, 0) is 9.53 Å². The fraction of sp³-hybridized carbons (Fsp3) is 0.786. The lowest BCUT2D eigenvalue weighted by molar-refractivity contribution is -0.923. The molecule has 0 heterocycles. The van der Waals surface area contributed by atoms with Crippen LogP contribution in [0.15, 0.2) is 12.2 Å². The third kappa shape index (κ3) is 6.47. The molecule has 0 aliphatic heterocycles.